The van der Waals surface area contributed by atoms with E-state index >= 15 is 0 Å². The Labute approximate surface area is 356 Å². The maximum absolute atomic E-state index is 12.1. The summed E-state index contributed by atoms with van der Waals surface area (Å²) in [6.45, 7) is 8.27. The van der Waals surface area contributed by atoms with Crippen molar-refractivity contribution in [3.63, 3.8) is 0 Å². The first-order valence-corrected chi connectivity index (χ1v) is 19.2. The zero-order chi connectivity index (χ0) is 38.7. The molecule has 54 heavy (non-hydrogen) atoms. The predicted molar refractivity (Wildman–Crippen MR) is 196 cm³/mol. The van der Waals surface area contributed by atoms with Crippen molar-refractivity contribution in [2.45, 2.75) is 61.4 Å². The van der Waals surface area contributed by atoms with Gasteiger partial charge in [-0.3, -0.25) is 4.55 Å². The Morgan fingerprint density at radius 3 is 1.83 bits per heavy atom. The summed E-state index contributed by atoms with van der Waals surface area (Å²) in [5.74, 6) is -2.12. The van der Waals surface area contributed by atoms with E-state index in [9.17, 15) is 45.7 Å². The number of aromatic carboxylic acids is 2. The summed E-state index contributed by atoms with van der Waals surface area (Å²) in [6.07, 6.45) is 5.60. The minimum atomic E-state index is -4.75. The second-order valence-corrected chi connectivity index (χ2v) is 16.8. The number of carbonyl (C=O) groups is 2. The van der Waals surface area contributed by atoms with Gasteiger partial charge in [0.1, 0.15) is 10.1 Å². The van der Waals surface area contributed by atoms with Crippen LogP contribution in [0.5, 0.6) is 0 Å². The summed E-state index contributed by atoms with van der Waals surface area (Å²) in [5, 5.41) is 18.8. The largest absolute Gasteiger partial charge is 1.00 e. The zero-order valence-corrected chi connectivity index (χ0v) is 34.9. The van der Waals surface area contributed by atoms with Crippen LogP contribution in [0.25, 0.3) is 0 Å². The molecule has 0 atom stereocenters. The van der Waals surface area contributed by atoms with Gasteiger partial charge in [0.25, 0.3) is 10.1 Å². The SMILES string of the molecule is CC1(C)C(=CC=CC2=[N+](Cc3ccc(C(=O)O)cc3)c3ccc(S(=O)(=O)[O-])cc3C2(C)C)N(Cc2ccc(C(=O)O)cc2)c2ccc(S(=O)(=O)O)cc21.[K+]. The molecule has 2 aliphatic heterocycles. The van der Waals surface area contributed by atoms with Crippen LogP contribution in [0.4, 0.5) is 11.4 Å². The smallest absolute Gasteiger partial charge is 0.744 e. The maximum atomic E-state index is 12.1. The van der Waals surface area contributed by atoms with Crippen LogP contribution in [0.2, 0.25) is 0 Å². The van der Waals surface area contributed by atoms with E-state index in [2.05, 4.69) is 0 Å². The number of allylic oxidation sites excluding steroid dienone is 4. The molecule has 2 aliphatic rings. The van der Waals surface area contributed by atoms with Crippen LogP contribution in [0.1, 0.15) is 70.7 Å². The van der Waals surface area contributed by atoms with Crippen LogP contribution in [0.3, 0.4) is 0 Å². The van der Waals surface area contributed by atoms with Gasteiger partial charge in [-0.2, -0.15) is 13.0 Å². The molecule has 4 aromatic carbocycles. The zero-order valence-electron chi connectivity index (χ0n) is 30.1. The van der Waals surface area contributed by atoms with E-state index in [1.165, 1.54) is 48.5 Å². The maximum Gasteiger partial charge on any atom is 1.00 e. The van der Waals surface area contributed by atoms with Crippen LogP contribution >= 0.6 is 0 Å². The molecule has 274 valence electrons. The van der Waals surface area contributed by atoms with Gasteiger partial charge in [0, 0.05) is 46.6 Å². The Kier molecular flexibility index (Phi) is 11.5. The van der Waals surface area contributed by atoms with Gasteiger partial charge in [0.15, 0.2) is 12.3 Å². The average Bonchev–Trinajstić information content (AvgIpc) is 3.42. The van der Waals surface area contributed by atoms with Crippen LogP contribution in [-0.2, 0) is 44.2 Å². The van der Waals surface area contributed by atoms with Crippen molar-refractivity contribution < 1.29 is 102 Å². The number of fused-ring (bicyclic) bond motifs is 2. The Morgan fingerprint density at radius 1 is 0.759 bits per heavy atom. The molecule has 0 bridgehead atoms. The summed E-state index contributed by atoms with van der Waals surface area (Å²) in [4.78, 5) is 24.3. The number of nitrogens with zero attached hydrogens (tertiary/aromatic N) is 2. The molecule has 2 heterocycles. The molecule has 0 spiro atoms. The van der Waals surface area contributed by atoms with Gasteiger partial charge in [-0.1, -0.05) is 44.2 Å². The molecule has 4 aromatic rings. The number of carboxylic acid groups (broad SMARTS) is 2. The number of carboxylic acids is 2. The first-order chi connectivity index (χ1) is 24.7. The second kappa shape index (κ2) is 15.0. The Hall–Kier alpha value is -3.77. The van der Waals surface area contributed by atoms with Crippen molar-refractivity contribution in [1.82, 2.24) is 0 Å². The summed E-state index contributed by atoms with van der Waals surface area (Å²) < 4.78 is 72.1. The van der Waals surface area contributed by atoms with Crippen molar-refractivity contribution in [3.8, 4) is 0 Å². The van der Waals surface area contributed by atoms with E-state index in [0.717, 1.165) is 22.5 Å². The van der Waals surface area contributed by atoms with E-state index in [1.807, 2.05) is 55.4 Å². The van der Waals surface area contributed by atoms with Crippen molar-refractivity contribution >= 4 is 49.3 Å². The standard InChI is InChI=1S/C39H36N2O10S2.K/c1-38(2)30-20-28(52(46,47)48)16-18-32(30)40(22-24-8-12-26(13-9-24)36(42)43)34(38)6-5-7-35-39(3,4)31-21-29(53(49,50)51)17-19-33(31)41(35)23-25-10-14-27(15-11-25)37(44)45;/h5-21H,22-23H2,1-4H3,(H3-,42,43,44,45,46,47,48,49,50,51);/q;+1. The molecule has 0 saturated heterocycles. The van der Waals surface area contributed by atoms with Crippen molar-refractivity contribution in [1.29, 1.82) is 0 Å². The van der Waals surface area contributed by atoms with E-state index < -0.39 is 43.0 Å². The van der Waals surface area contributed by atoms with E-state index in [-0.39, 0.29) is 72.3 Å². The first-order valence-electron chi connectivity index (χ1n) is 16.4. The fraction of sp³-hybridized carbons (Fsp3) is 0.205. The van der Waals surface area contributed by atoms with Crippen LogP contribution in [-0.4, -0.2) is 58.4 Å². The van der Waals surface area contributed by atoms with Crippen molar-refractivity contribution in [2.24, 2.45) is 0 Å². The first kappa shape index (κ1) is 41.4. The summed E-state index contributed by atoms with van der Waals surface area (Å²) >= 11 is 0. The third-order valence-corrected chi connectivity index (χ3v) is 11.6. The van der Waals surface area contributed by atoms with E-state index in [1.54, 1.807) is 36.4 Å². The van der Waals surface area contributed by atoms with Gasteiger partial charge in [-0.15, -0.1) is 0 Å². The minimum Gasteiger partial charge on any atom is -0.744 e. The Balaban J connectivity index is 0.00000561. The molecule has 6 rings (SSSR count). The van der Waals surface area contributed by atoms with Crippen LogP contribution < -0.4 is 56.3 Å². The van der Waals surface area contributed by atoms with Crippen LogP contribution in [0, 0.1) is 0 Å². The normalized spacial score (nSPS) is 16.7. The third-order valence-electron chi connectivity index (χ3n) is 9.90. The number of hydrogen-bond donors (Lipinski definition) is 3. The molecule has 0 radical (unpaired) electrons. The molecule has 0 saturated carbocycles. The van der Waals surface area contributed by atoms with E-state index in [0.29, 0.717) is 35.6 Å². The Bertz CT molecular complexity index is 2500. The molecule has 12 nitrogen and oxygen atoms in total. The molecule has 0 fully saturated rings. The predicted octanol–water partition coefficient (Wildman–Crippen LogP) is 3.25. The molecule has 0 unspecified atom stereocenters. The fourth-order valence-electron chi connectivity index (χ4n) is 7.07. The quantitative estimate of drug-likeness (QED) is 0.121. The van der Waals surface area contributed by atoms with Crippen molar-refractivity contribution in [3.05, 3.63) is 142 Å². The fourth-order valence-corrected chi connectivity index (χ4v) is 8.07. The molecule has 0 aliphatic carbocycles. The number of rotatable bonds is 10. The molecule has 15 heteroatoms. The van der Waals surface area contributed by atoms with Gasteiger partial charge in [-0.05, 0) is 85.6 Å². The van der Waals surface area contributed by atoms with Gasteiger partial charge in [0.2, 0.25) is 5.69 Å². The number of benzene rings is 4. The van der Waals surface area contributed by atoms with Gasteiger partial charge >= 0.3 is 63.3 Å². The van der Waals surface area contributed by atoms with Crippen LogP contribution in [0.15, 0.2) is 119 Å². The molecular weight excluding hydrogens is 760 g/mol. The van der Waals surface area contributed by atoms with Gasteiger partial charge in [0.05, 0.1) is 26.3 Å². The summed E-state index contributed by atoms with van der Waals surface area (Å²) in [5.41, 5.74) is 4.42. The topological polar surface area (TPSA) is 192 Å². The summed E-state index contributed by atoms with van der Waals surface area (Å²) in [6, 6.07) is 21.5. The molecule has 3 N–H and O–H groups in total. The third kappa shape index (κ3) is 7.96. The molecule has 0 amide bonds. The molecular formula is C39H36KN2O10S2+. The second-order valence-electron chi connectivity index (χ2n) is 14.0. The average molecular weight is 796 g/mol. The monoisotopic (exact) mass is 795 g/mol. The molecule has 0 aromatic heterocycles. The number of hydrogen-bond acceptors (Lipinski definition) is 8. The number of anilines is 1. The Morgan fingerprint density at radius 2 is 1.30 bits per heavy atom. The van der Waals surface area contributed by atoms with Gasteiger partial charge in [-0.25, -0.2) is 18.0 Å². The van der Waals surface area contributed by atoms with Crippen molar-refractivity contribution in [2.75, 3.05) is 4.90 Å². The summed E-state index contributed by atoms with van der Waals surface area (Å²) in [7, 11) is -9.25. The van der Waals surface area contributed by atoms with E-state index in [4.69, 9.17) is 0 Å². The van der Waals surface area contributed by atoms with Gasteiger partial charge < -0.3 is 19.7 Å². The minimum absolute atomic E-state index is 0.